The molecule has 94 valence electrons. The number of rotatable bonds is 4. The Morgan fingerprint density at radius 1 is 1.00 bits per heavy atom. The van der Waals surface area contributed by atoms with Crippen molar-refractivity contribution in [2.75, 3.05) is 30.9 Å². The van der Waals surface area contributed by atoms with E-state index in [1.165, 1.54) is 5.69 Å². The molecule has 1 aromatic heterocycles. The Bertz CT molecular complexity index is 488. The van der Waals surface area contributed by atoms with Gasteiger partial charge in [-0.3, -0.25) is 0 Å². The van der Waals surface area contributed by atoms with Crippen LogP contribution in [0.25, 0.3) is 11.3 Å². The molecule has 0 spiro atoms. The van der Waals surface area contributed by atoms with Crippen LogP contribution in [0.4, 0.5) is 11.5 Å². The number of nitrogens with zero attached hydrogens (tertiary/aromatic N) is 3. The number of nitrogens with one attached hydrogen (secondary N) is 1. The lowest BCUT2D eigenvalue weighted by Gasteiger charge is -2.12. The normalized spacial score (nSPS) is 10.2. The molecule has 4 nitrogen and oxygen atoms in total. The van der Waals surface area contributed by atoms with Crippen molar-refractivity contribution in [2.45, 2.75) is 6.92 Å². The van der Waals surface area contributed by atoms with Gasteiger partial charge in [0, 0.05) is 31.9 Å². The Balaban J connectivity index is 2.20. The van der Waals surface area contributed by atoms with E-state index in [9.17, 15) is 0 Å². The number of benzene rings is 1. The van der Waals surface area contributed by atoms with Crippen LogP contribution in [-0.4, -0.2) is 30.8 Å². The summed E-state index contributed by atoms with van der Waals surface area (Å²) >= 11 is 0. The molecule has 2 aromatic rings. The third kappa shape index (κ3) is 2.77. The maximum Gasteiger partial charge on any atom is 0.148 e. The van der Waals surface area contributed by atoms with Crippen LogP contribution in [0.15, 0.2) is 36.4 Å². The second kappa shape index (κ2) is 5.49. The Kier molecular flexibility index (Phi) is 3.77. The molecule has 0 aliphatic carbocycles. The van der Waals surface area contributed by atoms with Crippen molar-refractivity contribution in [1.82, 2.24) is 10.2 Å². The number of hydrogen-bond acceptors (Lipinski definition) is 4. The van der Waals surface area contributed by atoms with Crippen molar-refractivity contribution in [1.29, 1.82) is 0 Å². The average molecular weight is 242 g/mol. The minimum Gasteiger partial charge on any atom is -0.378 e. The first-order valence-electron chi connectivity index (χ1n) is 6.06. The quantitative estimate of drug-likeness (QED) is 0.895. The van der Waals surface area contributed by atoms with Crippen LogP contribution in [0.1, 0.15) is 6.92 Å². The largest absolute Gasteiger partial charge is 0.378 e. The van der Waals surface area contributed by atoms with E-state index in [0.717, 1.165) is 23.6 Å². The molecule has 0 radical (unpaired) electrons. The molecular formula is C14H18N4. The van der Waals surface area contributed by atoms with Gasteiger partial charge in [-0.15, -0.1) is 10.2 Å². The summed E-state index contributed by atoms with van der Waals surface area (Å²) in [6, 6.07) is 12.2. The predicted molar refractivity (Wildman–Crippen MR) is 76.0 cm³/mol. The summed E-state index contributed by atoms with van der Waals surface area (Å²) in [5, 5.41) is 11.5. The van der Waals surface area contributed by atoms with Crippen LogP contribution in [0.3, 0.4) is 0 Å². The lowest BCUT2D eigenvalue weighted by molar-refractivity contribution is 1.02. The van der Waals surface area contributed by atoms with E-state index >= 15 is 0 Å². The Morgan fingerprint density at radius 3 is 2.22 bits per heavy atom. The van der Waals surface area contributed by atoms with Gasteiger partial charge in [0.05, 0.1) is 5.69 Å². The smallest absolute Gasteiger partial charge is 0.148 e. The van der Waals surface area contributed by atoms with Gasteiger partial charge in [0.2, 0.25) is 0 Å². The van der Waals surface area contributed by atoms with Gasteiger partial charge in [-0.2, -0.15) is 0 Å². The first kappa shape index (κ1) is 12.4. The van der Waals surface area contributed by atoms with E-state index < -0.39 is 0 Å². The van der Waals surface area contributed by atoms with Gasteiger partial charge in [0.15, 0.2) is 0 Å². The van der Waals surface area contributed by atoms with Gasteiger partial charge in [0.1, 0.15) is 5.82 Å². The minimum atomic E-state index is 0.811. The molecule has 0 unspecified atom stereocenters. The van der Waals surface area contributed by atoms with Crippen LogP contribution >= 0.6 is 0 Å². The highest BCUT2D eigenvalue weighted by Crippen LogP contribution is 2.20. The second-order valence-corrected chi connectivity index (χ2v) is 4.28. The van der Waals surface area contributed by atoms with Gasteiger partial charge in [0.25, 0.3) is 0 Å². The number of hydrogen-bond donors (Lipinski definition) is 1. The summed E-state index contributed by atoms with van der Waals surface area (Å²) in [7, 11) is 4.06. The molecule has 1 N–H and O–H groups in total. The van der Waals surface area contributed by atoms with E-state index in [2.05, 4.69) is 44.7 Å². The molecule has 0 saturated carbocycles. The lowest BCUT2D eigenvalue weighted by Crippen LogP contribution is -2.08. The fourth-order valence-electron chi connectivity index (χ4n) is 1.69. The standard InChI is InChI=1S/C14H18N4/c1-4-15-14-10-9-13(16-17-14)11-5-7-12(8-6-11)18(2)3/h5-10H,4H2,1-3H3,(H,15,17). The van der Waals surface area contributed by atoms with Gasteiger partial charge < -0.3 is 10.2 Å². The molecule has 0 amide bonds. The molecule has 0 saturated heterocycles. The average Bonchev–Trinajstić information content (AvgIpc) is 2.40. The highest BCUT2D eigenvalue weighted by Gasteiger charge is 2.01. The summed E-state index contributed by atoms with van der Waals surface area (Å²) in [5.41, 5.74) is 3.15. The van der Waals surface area contributed by atoms with Crippen molar-refractivity contribution in [3.05, 3.63) is 36.4 Å². The van der Waals surface area contributed by atoms with Crippen LogP contribution in [-0.2, 0) is 0 Å². The Labute approximate surface area is 108 Å². The Hall–Kier alpha value is -2.10. The maximum atomic E-state index is 4.22. The molecule has 0 aliphatic rings. The SMILES string of the molecule is CCNc1ccc(-c2ccc(N(C)C)cc2)nn1. The molecule has 18 heavy (non-hydrogen) atoms. The lowest BCUT2D eigenvalue weighted by atomic mass is 10.1. The van der Waals surface area contributed by atoms with Crippen molar-refractivity contribution < 1.29 is 0 Å². The summed E-state index contributed by atoms with van der Waals surface area (Å²) in [5.74, 6) is 0.811. The van der Waals surface area contributed by atoms with Crippen LogP contribution in [0.2, 0.25) is 0 Å². The monoisotopic (exact) mass is 242 g/mol. The van der Waals surface area contributed by atoms with Gasteiger partial charge >= 0.3 is 0 Å². The molecule has 0 atom stereocenters. The van der Waals surface area contributed by atoms with Gasteiger partial charge in [-0.05, 0) is 31.2 Å². The van der Waals surface area contributed by atoms with Crippen molar-refractivity contribution >= 4 is 11.5 Å². The second-order valence-electron chi connectivity index (χ2n) is 4.28. The molecule has 0 fully saturated rings. The van der Waals surface area contributed by atoms with Crippen LogP contribution in [0, 0.1) is 0 Å². The van der Waals surface area contributed by atoms with Crippen LogP contribution < -0.4 is 10.2 Å². The predicted octanol–water partition coefficient (Wildman–Crippen LogP) is 2.64. The third-order valence-corrected chi connectivity index (χ3v) is 2.70. The summed E-state index contributed by atoms with van der Waals surface area (Å²) in [6.07, 6.45) is 0. The van der Waals surface area contributed by atoms with Gasteiger partial charge in [-0.25, -0.2) is 0 Å². The maximum absolute atomic E-state index is 4.22. The molecule has 1 heterocycles. The van der Waals surface area contributed by atoms with Crippen molar-refractivity contribution in [2.24, 2.45) is 0 Å². The van der Waals surface area contributed by atoms with E-state index in [4.69, 9.17) is 0 Å². The number of aromatic nitrogens is 2. The van der Waals surface area contributed by atoms with E-state index in [1.54, 1.807) is 0 Å². The highest BCUT2D eigenvalue weighted by molar-refractivity contribution is 5.63. The molecule has 0 bridgehead atoms. The summed E-state index contributed by atoms with van der Waals surface area (Å²) < 4.78 is 0. The molecule has 0 aliphatic heterocycles. The first-order valence-corrected chi connectivity index (χ1v) is 6.06. The van der Waals surface area contributed by atoms with Crippen molar-refractivity contribution in [3.8, 4) is 11.3 Å². The minimum absolute atomic E-state index is 0.811. The fourth-order valence-corrected chi connectivity index (χ4v) is 1.69. The van der Waals surface area contributed by atoms with E-state index in [0.29, 0.717) is 0 Å². The zero-order valence-electron chi connectivity index (χ0n) is 11.0. The van der Waals surface area contributed by atoms with Crippen LogP contribution in [0.5, 0.6) is 0 Å². The van der Waals surface area contributed by atoms with E-state index in [1.807, 2.05) is 33.2 Å². The zero-order valence-corrected chi connectivity index (χ0v) is 11.0. The highest BCUT2D eigenvalue weighted by atomic mass is 15.2. The van der Waals surface area contributed by atoms with Gasteiger partial charge in [-0.1, -0.05) is 12.1 Å². The molecular weight excluding hydrogens is 224 g/mol. The fraction of sp³-hybridized carbons (Fsp3) is 0.286. The molecule has 2 rings (SSSR count). The summed E-state index contributed by atoms with van der Waals surface area (Å²) in [4.78, 5) is 2.07. The first-order chi connectivity index (χ1) is 8.70. The summed E-state index contributed by atoms with van der Waals surface area (Å²) in [6.45, 7) is 2.89. The number of anilines is 2. The molecule has 4 heteroatoms. The molecule has 1 aromatic carbocycles. The van der Waals surface area contributed by atoms with Crippen molar-refractivity contribution in [3.63, 3.8) is 0 Å². The Morgan fingerprint density at radius 2 is 1.72 bits per heavy atom. The zero-order chi connectivity index (χ0) is 13.0. The topological polar surface area (TPSA) is 41.0 Å². The van der Waals surface area contributed by atoms with E-state index in [-0.39, 0.29) is 0 Å². The third-order valence-electron chi connectivity index (χ3n) is 2.70.